The van der Waals surface area contributed by atoms with Crippen molar-refractivity contribution in [2.75, 3.05) is 7.11 Å². The molecule has 0 radical (unpaired) electrons. The van der Waals surface area contributed by atoms with Crippen molar-refractivity contribution in [1.82, 2.24) is 0 Å². The molecule has 3 nitrogen and oxygen atoms in total. The SMILES string of the molecule is COc1ccc2c(c1)CCC(C)C2N=O. The number of ether oxygens (including phenoxy) is 1. The number of benzene rings is 1. The van der Waals surface area contributed by atoms with Crippen LogP contribution in [0.2, 0.25) is 0 Å². The lowest BCUT2D eigenvalue weighted by molar-refractivity contribution is 0.399. The normalized spacial score (nSPS) is 24.4. The molecule has 0 saturated carbocycles. The van der Waals surface area contributed by atoms with E-state index in [0.29, 0.717) is 5.92 Å². The molecule has 1 aromatic carbocycles. The van der Waals surface area contributed by atoms with Gasteiger partial charge in [-0.25, -0.2) is 0 Å². The molecule has 0 saturated heterocycles. The van der Waals surface area contributed by atoms with Crippen molar-refractivity contribution in [2.45, 2.75) is 25.8 Å². The molecule has 1 aliphatic carbocycles. The van der Waals surface area contributed by atoms with Gasteiger partial charge in [0.15, 0.2) is 0 Å². The van der Waals surface area contributed by atoms with Crippen molar-refractivity contribution in [3.8, 4) is 5.75 Å². The lowest BCUT2D eigenvalue weighted by Gasteiger charge is -2.26. The van der Waals surface area contributed by atoms with E-state index in [1.165, 1.54) is 5.56 Å². The molecular formula is C12H15NO2. The Hall–Kier alpha value is -1.38. The van der Waals surface area contributed by atoms with Gasteiger partial charge >= 0.3 is 0 Å². The van der Waals surface area contributed by atoms with E-state index in [0.717, 1.165) is 24.2 Å². The van der Waals surface area contributed by atoms with E-state index in [1.54, 1.807) is 7.11 Å². The average Bonchev–Trinajstić information content (AvgIpc) is 2.28. The second kappa shape index (κ2) is 4.01. The van der Waals surface area contributed by atoms with E-state index in [2.05, 4.69) is 12.1 Å². The van der Waals surface area contributed by atoms with Crippen molar-refractivity contribution < 1.29 is 4.74 Å². The van der Waals surface area contributed by atoms with Crippen LogP contribution in [-0.4, -0.2) is 7.11 Å². The van der Waals surface area contributed by atoms with Gasteiger partial charge in [0.1, 0.15) is 11.8 Å². The monoisotopic (exact) mass is 205 g/mol. The third-order valence-electron chi connectivity index (χ3n) is 3.19. The van der Waals surface area contributed by atoms with Crippen LogP contribution in [0.3, 0.4) is 0 Å². The van der Waals surface area contributed by atoms with Crippen molar-refractivity contribution in [3.05, 3.63) is 34.2 Å². The average molecular weight is 205 g/mol. The molecule has 0 aromatic heterocycles. The Morgan fingerprint density at radius 3 is 2.93 bits per heavy atom. The van der Waals surface area contributed by atoms with Gasteiger partial charge < -0.3 is 4.74 Å². The van der Waals surface area contributed by atoms with Gasteiger partial charge in [0.25, 0.3) is 0 Å². The minimum Gasteiger partial charge on any atom is -0.497 e. The van der Waals surface area contributed by atoms with Gasteiger partial charge in [-0.3, -0.25) is 0 Å². The van der Waals surface area contributed by atoms with Crippen LogP contribution in [0.15, 0.2) is 23.4 Å². The first-order valence-electron chi connectivity index (χ1n) is 5.25. The molecule has 1 aliphatic rings. The van der Waals surface area contributed by atoms with Gasteiger partial charge in [0, 0.05) is 0 Å². The summed E-state index contributed by atoms with van der Waals surface area (Å²) in [6.07, 6.45) is 2.04. The molecule has 0 heterocycles. The number of nitrogens with zero attached hydrogens (tertiary/aromatic N) is 1. The quantitative estimate of drug-likeness (QED) is 0.696. The van der Waals surface area contributed by atoms with Crippen molar-refractivity contribution in [3.63, 3.8) is 0 Å². The van der Waals surface area contributed by atoms with E-state index < -0.39 is 0 Å². The topological polar surface area (TPSA) is 38.7 Å². The zero-order valence-electron chi connectivity index (χ0n) is 9.06. The molecule has 2 atom stereocenters. The second-order valence-corrected chi connectivity index (χ2v) is 4.13. The van der Waals surface area contributed by atoms with Gasteiger partial charge in [-0.1, -0.05) is 18.2 Å². The summed E-state index contributed by atoms with van der Waals surface area (Å²) in [5.74, 6) is 1.20. The molecule has 3 heteroatoms. The number of fused-ring (bicyclic) bond motifs is 1. The Bertz CT molecular complexity index is 376. The standard InChI is InChI=1S/C12H15NO2/c1-8-3-4-9-7-10(15-2)5-6-11(9)12(8)13-14/h5-8,12H,3-4H2,1-2H3. The summed E-state index contributed by atoms with van der Waals surface area (Å²) < 4.78 is 5.17. The fourth-order valence-electron chi connectivity index (χ4n) is 2.22. The minimum atomic E-state index is -0.181. The Kier molecular flexibility index (Phi) is 2.71. The van der Waals surface area contributed by atoms with Crippen LogP contribution in [0.4, 0.5) is 0 Å². The number of methoxy groups -OCH3 is 1. The molecule has 0 N–H and O–H groups in total. The Morgan fingerprint density at radius 1 is 1.47 bits per heavy atom. The maximum atomic E-state index is 10.8. The maximum absolute atomic E-state index is 10.8. The number of rotatable bonds is 2. The van der Waals surface area contributed by atoms with Crippen molar-refractivity contribution in [1.29, 1.82) is 0 Å². The van der Waals surface area contributed by atoms with Crippen molar-refractivity contribution >= 4 is 0 Å². The predicted molar refractivity (Wildman–Crippen MR) is 59.0 cm³/mol. The molecule has 0 spiro atoms. The predicted octanol–water partition coefficient (Wildman–Crippen LogP) is 3.09. The molecular weight excluding hydrogens is 190 g/mol. The first kappa shape index (κ1) is 10.1. The summed E-state index contributed by atoms with van der Waals surface area (Å²) in [7, 11) is 1.66. The van der Waals surface area contributed by atoms with E-state index in [1.807, 2.05) is 18.2 Å². The van der Waals surface area contributed by atoms with Crippen LogP contribution in [0.1, 0.15) is 30.5 Å². The third-order valence-corrected chi connectivity index (χ3v) is 3.19. The Morgan fingerprint density at radius 2 is 2.27 bits per heavy atom. The van der Waals surface area contributed by atoms with Gasteiger partial charge in [-0.2, -0.15) is 4.91 Å². The van der Waals surface area contributed by atoms with Crippen LogP contribution in [-0.2, 0) is 6.42 Å². The summed E-state index contributed by atoms with van der Waals surface area (Å²) >= 11 is 0. The second-order valence-electron chi connectivity index (χ2n) is 4.13. The molecule has 0 amide bonds. The van der Waals surface area contributed by atoms with Gasteiger partial charge in [0.2, 0.25) is 0 Å². The molecule has 0 bridgehead atoms. The summed E-state index contributed by atoms with van der Waals surface area (Å²) in [6, 6.07) is 5.70. The number of aryl methyl sites for hydroxylation is 1. The van der Waals surface area contributed by atoms with Crippen LogP contribution in [0.25, 0.3) is 0 Å². The summed E-state index contributed by atoms with van der Waals surface area (Å²) in [5.41, 5.74) is 2.28. The van der Waals surface area contributed by atoms with E-state index in [4.69, 9.17) is 4.74 Å². The zero-order valence-corrected chi connectivity index (χ0v) is 9.06. The first-order chi connectivity index (χ1) is 7.26. The summed E-state index contributed by atoms with van der Waals surface area (Å²) in [4.78, 5) is 10.8. The molecule has 15 heavy (non-hydrogen) atoms. The van der Waals surface area contributed by atoms with Gasteiger partial charge in [0.05, 0.1) is 7.11 Å². The number of nitroso groups, excluding NO2 is 1. The number of hydrogen-bond acceptors (Lipinski definition) is 3. The maximum Gasteiger partial charge on any atom is 0.120 e. The third kappa shape index (κ3) is 1.74. The van der Waals surface area contributed by atoms with Gasteiger partial charge in [-0.05, 0) is 42.0 Å². The lowest BCUT2D eigenvalue weighted by Crippen LogP contribution is -2.16. The molecule has 1 aromatic rings. The molecule has 2 rings (SSSR count). The molecule has 2 unspecified atom stereocenters. The highest BCUT2D eigenvalue weighted by molar-refractivity contribution is 5.39. The Labute approximate surface area is 89.4 Å². The van der Waals surface area contributed by atoms with Gasteiger partial charge in [-0.15, -0.1) is 0 Å². The highest BCUT2D eigenvalue weighted by Crippen LogP contribution is 2.38. The summed E-state index contributed by atoms with van der Waals surface area (Å²) in [5, 5.41) is 3.23. The Balaban J connectivity index is 2.42. The fourth-order valence-corrected chi connectivity index (χ4v) is 2.22. The highest BCUT2D eigenvalue weighted by atomic mass is 16.5. The molecule has 0 aliphatic heterocycles. The van der Waals surface area contributed by atoms with E-state index >= 15 is 0 Å². The summed E-state index contributed by atoms with van der Waals surface area (Å²) in [6.45, 7) is 2.08. The fraction of sp³-hybridized carbons (Fsp3) is 0.500. The van der Waals surface area contributed by atoms with E-state index in [-0.39, 0.29) is 6.04 Å². The minimum absolute atomic E-state index is 0.181. The van der Waals surface area contributed by atoms with Crippen LogP contribution in [0, 0.1) is 10.8 Å². The highest BCUT2D eigenvalue weighted by Gasteiger charge is 2.27. The smallest absolute Gasteiger partial charge is 0.120 e. The number of hydrogen-bond donors (Lipinski definition) is 0. The van der Waals surface area contributed by atoms with E-state index in [9.17, 15) is 4.91 Å². The largest absolute Gasteiger partial charge is 0.497 e. The first-order valence-corrected chi connectivity index (χ1v) is 5.25. The van der Waals surface area contributed by atoms with Crippen molar-refractivity contribution in [2.24, 2.45) is 11.1 Å². The van der Waals surface area contributed by atoms with Crippen LogP contribution < -0.4 is 4.74 Å². The van der Waals surface area contributed by atoms with Crippen LogP contribution in [0.5, 0.6) is 5.75 Å². The lowest BCUT2D eigenvalue weighted by atomic mass is 9.81. The van der Waals surface area contributed by atoms with Crippen LogP contribution >= 0.6 is 0 Å². The zero-order chi connectivity index (χ0) is 10.8. The molecule has 0 fully saturated rings. The molecule has 80 valence electrons.